The minimum atomic E-state index is -4.62. The average Bonchev–Trinajstić information content (AvgIpc) is 2.18. The molecule has 100 valence electrons. The molecule has 1 heterocycles. The average molecular weight is 323 g/mol. The number of carbonyl (C=O) groups excluding carboxylic acids is 1. The SMILES string of the molecule is Nc1ncc(C(F)(F)F)cc1NC(=O)C(Cl)(Cl)Cl. The van der Waals surface area contributed by atoms with E-state index in [0.29, 0.717) is 12.3 Å². The summed E-state index contributed by atoms with van der Waals surface area (Å²) in [6, 6.07) is 0.594. The number of carbonyl (C=O) groups is 1. The molecular formula is C8H5Cl3F3N3O. The van der Waals surface area contributed by atoms with Crippen LogP contribution in [-0.2, 0) is 11.0 Å². The molecule has 4 nitrogen and oxygen atoms in total. The third-order valence-corrected chi connectivity index (χ3v) is 2.27. The van der Waals surface area contributed by atoms with Gasteiger partial charge in [-0.1, -0.05) is 34.8 Å². The van der Waals surface area contributed by atoms with Crippen molar-refractivity contribution in [3.05, 3.63) is 17.8 Å². The molecule has 1 aromatic rings. The van der Waals surface area contributed by atoms with Gasteiger partial charge in [-0.2, -0.15) is 13.2 Å². The van der Waals surface area contributed by atoms with Crippen molar-refractivity contribution < 1.29 is 18.0 Å². The number of alkyl halides is 6. The highest BCUT2D eigenvalue weighted by molar-refractivity contribution is 6.76. The Morgan fingerprint density at radius 2 is 1.89 bits per heavy atom. The molecule has 0 aromatic carbocycles. The van der Waals surface area contributed by atoms with Gasteiger partial charge < -0.3 is 11.1 Å². The minimum Gasteiger partial charge on any atom is -0.382 e. The zero-order chi connectivity index (χ0) is 14.1. The summed E-state index contributed by atoms with van der Waals surface area (Å²) in [5.74, 6) is -1.47. The number of aromatic nitrogens is 1. The van der Waals surface area contributed by atoms with E-state index in [1.54, 1.807) is 0 Å². The van der Waals surface area contributed by atoms with Crippen molar-refractivity contribution in [3.8, 4) is 0 Å². The van der Waals surface area contributed by atoms with Crippen LogP contribution in [0.4, 0.5) is 24.7 Å². The van der Waals surface area contributed by atoms with Crippen molar-refractivity contribution in [3.63, 3.8) is 0 Å². The van der Waals surface area contributed by atoms with Gasteiger partial charge in [-0.3, -0.25) is 4.79 Å². The summed E-state index contributed by atoms with van der Waals surface area (Å²) in [5, 5.41) is 1.94. The Hall–Kier alpha value is -0.920. The van der Waals surface area contributed by atoms with Crippen molar-refractivity contribution >= 4 is 52.2 Å². The number of nitrogens with two attached hydrogens (primary N) is 1. The van der Waals surface area contributed by atoms with Gasteiger partial charge in [0.1, 0.15) is 5.82 Å². The van der Waals surface area contributed by atoms with Crippen LogP contribution in [0.15, 0.2) is 12.3 Å². The van der Waals surface area contributed by atoms with E-state index >= 15 is 0 Å². The number of anilines is 2. The molecule has 3 N–H and O–H groups in total. The van der Waals surface area contributed by atoms with Crippen molar-refractivity contribution in [2.24, 2.45) is 0 Å². The molecule has 0 bridgehead atoms. The third-order valence-electron chi connectivity index (χ3n) is 1.75. The second kappa shape index (κ2) is 4.99. The summed E-state index contributed by atoms with van der Waals surface area (Å²) >= 11 is 15.8. The van der Waals surface area contributed by atoms with Crippen molar-refractivity contribution in [2.75, 3.05) is 11.1 Å². The maximum absolute atomic E-state index is 12.4. The van der Waals surface area contributed by atoms with E-state index < -0.39 is 21.4 Å². The van der Waals surface area contributed by atoms with Crippen molar-refractivity contribution in [1.29, 1.82) is 0 Å². The number of pyridine rings is 1. The summed E-state index contributed by atoms with van der Waals surface area (Å²) in [4.78, 5) is 14.6. The first kappa shape index (κ1) is 15.1. The first-order chi connectivity index (χ1) is 8.01. The van der Waals surface area contributed by atoms with Crippen LogP contribution in [-0.4, -0.2) is 14.7 Å². The topological polar surface area (TPSA) is 68.0 Å². The van der Waals surface area contributed by atoms with Gasteiger partial charge in [0.25, 0.3) is 9.70 Å². The molecule has 10 heteroatoms. The van der Waals surface area contributed by atoms with Gasteiger partial charge in [-0.15, -0.1) is 0 Å². The maximum atomic E-state index is 12.4. The lowest BCUT2D eigenvalue weighted by Crippen LogP contribution is -2.27. The van der Waals surface area contributed by atoms with E-state index in [4.69, 9.17) is 40.5 Å². The molecule has 1 amide bonds. The Bertz CT molecular complexity index is 473. The largest absolute Gasteiger partial charge is 0.417 e. The number of rotatable bonds is 1. The third kappa shape index (κ3) is 3.79. The Balaban J connectivity index is 3.06. The molecule has 0 fully saturated rings. The van der Waals surface area contributed by atoms with Gasteiger partial charge in [0.05, 0.1) is 11.3 Å². The molecule has 18 heavy (non-hydrogen) atoms. The summed E-state index contributed by atoms with van der Waals surface area (Å²) in [6.45, 7) is 0. The fraction of sp³-hybridized carbons (Fsp3) is 0.250. The fourth-order valence-electron chi connectivity index (χ4n) is 0.924. The lowest BCUT2D eigenvalue weighted by Gasteiger charge is -2.14. The molecule has 0 saturated heterocycles. The number of nitrogen functional groups attached to an aromatic ring is 1. The van der Waals surface area contributed by atoms with Crippen LogP contribution in [0.1, 0.15) is 5.56 Å². The van der Waals surface area contributed by atoms with E-state index in [-0.39, 0.29) is 11.5 Å². The number of nitrogens with zero attached hydrogens (tertiary/aromatic N) is 1. The standard InChI is InChI=1S/C8H5Cl3F3N3O/c9-7(10,11)6(18)17-4-1-3(8(12,13)14)2-16-5(4)15/h1-2H,(H2,15,16)(H,17,18). The van der Waals surface area contributed by atoms with Crippen LogP contribution in [0.2, 0.25) is 0 Å². The molecule has 0 atom stereocenters. The van der Waals surface area contributed by atoms with E-state index in [1.807, 2.05) is 5.32 Å². The van der Waals surface area contributed by atoms with Gasteiger partial charge in [0.15, 0.2) is 0 Å². The molecule has 0 unspecified atom stereocenters. The van der Waals surface area contributed by atoms with Crippen LogP contribution in [0.3, 0.4) is 0 Å². The normalized spacial score (nSPS) is 12.3. The number of amides is 1. The number of nitrogens with one attached hydrogen (secondary N) is 1. The molecule has 0 aliphatic carbocycles. The Morgan fingerprint density at radius 1 is 1.33 bits per heavy atom. The molecular weight excluding hydrogens is 317 g/mol. The molecule has 1 rings (SSSR count). The lowest BCUT2D eigenvalue weighted by molar-refractivity contribution is -0.137. The van der Waals surface area contributed by atoms with E-state index in [9.17, 15) is 18.0 Å². The van der Waals surface area contributed by atoms with E-state index in [0.717, 1.165) is 0 Å². The van der Waals surface area contributed by atoms with Crippen molar-refractivity contribution in [1.82, 2.24) is 4.98 Å². The van der Waals surface area contributed by atoms with E-state index in [2.05, 4.69) is 4.98 Å². The quantitative estimate of drug-likeness (QED) is 0.781. The Morgan fingerprint density at radius 3 is 2.33 bits per heavy atom. The molecule has 0 spiro atoms. The van der Waals surface area contributed by atoms with Crippen LogP contribution in [0.5, 0.6) is 0 Å². The zero-order valence-corrected chi connectivity index (χ0v) is 10.6. The highest BCUT2D eigenvalue weighted by atomic mass is 35.6. The van der Waals surface area contributed by atoms with Gasteiger partial charge in [-0.25, -0.2) is 4.98 Å². The van der Waals surface area contributed by atoms with Gasteiger partial charge in [-0.05, 0) is 6.07 Å². The monoisotopic (exact) mass is 321 g/mol. The Labute approximate surface area is 114 Å². The van der Waals surface area contributed by atoms with Gasteiger partial charge >= 0.3 is 6.18 Å². The highest BCUT2D eigenvalue weighted by Crippen LogP contribution is 2.33. The van der Waals surface area contributed by atoms with Crippen molar-refractivity contribution in [2.45, 2.75) is 9.97 Å². The second-order valence-electron chi connectivity index (χ2n) is 3.11. The molecule has 0 radical (unpaired) electrons. The number of hydrogen-bond acceptors (Lipinski definition) is 3. The summed E-state index contributed by atoms with van der Waals surface area (Å²) in [5.41, 5.74) is 3.83. The summed E-state index contributed by atoms with van der Waals surface area (Å²) in [7, 11) is 0. The zero-order valence-electron chi connectivity index (χ0n) is 8.36. The van der Waals surface area contributed by atoms with Crippen LogP contribution < -0.4 is 11.1 Å². The van der Waals surface area contributed by atoms with Gasteiger partial charge in [0.2, 0.25) is 0 Å². The summed E-state index contributed by atoms with van der Waals surface area (Å²) < 4.78 is 34.9. The molecule has 0 saturated carbocycles. The van der Waals surface area contributed by atoms with Crippen LogP contribution >= 0.6 is 34.8 Å². The highest BCUT2D eigenvalue weighted by Gasteiger charge is 2.34. The predicted octanol–water partition coefficient (Wildman–Crippen LogP) is 2.99. The fourth-order valence-corrected chi connectivity index (χ4v) is 1.07. The van der Waals surface area contributed by atoms with Crippen LogP contribution in [0, 0.1) is 0 Å². The number of halogens is 6. The number of hydrogen-bond donors (Lipinski definition) is 2. The van der Waals surface area contributed by atoms with Crippen LogP contribution in [0.25, 0.3) is 0 Å². The first-order valence-corrected chi connectivity index (χ1v) is 5.36. The minimum absolute atomic E-state index is 0.328. The lowest BCUT2D eigenvalue weighted by atomic mass is 10.2. The maximum Gasteiger partial charge on any atom is 0.417 e. The second-order valence-corrected chi connectivity index (χ2v) is 5.39. The molecule has 0 aliphatic rings. The summed E-state index contributed by atoms with van der Waals surface area (Å²) in [6.07, 6.45) is -4.10. The Kier molecular flexibility index (Phi) is 4.19. The van der Waals surface area contributed by atoms with Gasteiger partial charge in [0, 0.05) is 6.20 Å². The van der Waals surface area contributed by atoms with E-state index in [1.165, 1.54) is 0 Å². The first-order valence-electron chi connectivity index (χ1n) is 4.22. The molecule has 1 aromatic heterocycles. The predicted molar refractivity (Wildman–Crippen MR) is 62.6 cm³/mol. The molecule has 0 aliphatic heterocycles. The smallest absolute Gasteiger partial charge is 0.382 e.